The number of rotatable bonds is 3. The maximum Gasteiger partial charge on any atom is 0.251 e. The quantitative estimate of drug-likeness (QED) is 0.850. The Hall–Kier alpha value is -1.62. The van der Waals surface area contributed by atoms with E-state index in [2.05, 4.69) is 15.5 Å². The van der Waals surface area contributed by atoms with E-state index in [1.807, 2.05) is 12.1 Å². The zero-order valence-corrected chi connectivity index (χ0v) is 10.8. The van der Waals surface area contributed by atoms with Crippen LogP contribution in [0.2, 0.25) is 0 Å². The molecule has 3 rings (SSSR count). The molecule has 0 bridgehead atoms. The second-order valence-corrected chi connectivity index (χ2v) is 4.96. The van der Waals surface area contributed by atoms with Crippen molar-refractivity contribution >= 4 is 11.6 Å². The molecule has 102 valence electrons. The van der Waals surface area contributed by atoms with Crippen molar-refractivity contribution in [3.05, 3.63) is 28.8 Å². The highest BCUT2D eigenvalue weighted by Gasteiger charge is 2.28. The van der Waals surface area contributed by atoms with Crippen LogP contribution in [0.15, 0.2) is 12.1 Å². The fourth-order valence-electron chi connectivity index (χ4n) is 2.96. The van der Waals surface area contributed by atoms with Crippen LogP contribution < -0.4 is 15.5 Å². The SMILES string of the molecule is O=C(NCCF)c1ccc2c3c1CCN3CCNC2. The number of amides is 1. The van der Waals surface area contributed by atoms with Crippen molar-refractivity contribution in [2.45, 2.75) is 13.0 Å². The average molecular weight is 263 g/mol. The molecular formula is C14H18FN3O. The summed E-state index contributed by atoms with van der Waals surface area (Å²) >= 11 is 0. The first-order valence-electron chi connectivity index (χ1n) is 6.76. The molecule has 5 heteroatoms. The molecule has 0 saturated heterocycles. The third-order valence-electron chi connectivity index (χ3n) is 3.81. The summed E-state index contributed by atoms with van der Waals surface area (Å²) in [5.74, 6) is -0.158. The van der Waals surface area contributed by atoms with Crippen molar-refractivity contribution in [1.29, 1.82) is 0 Å². The molecule has 4 nitrogen and oxygen atoms in total. The van der Waals surface area contributed by atoms with Crippen LogP contribution in [0.3, 0.4) is 0 Å². The third-order valence-corrected chi connectivity index (χ3v) is 3.81. The molecule has 2 aliphatic heterocycles. The molecule has 2 N–H and O–H groups in total. The highest BCUT2D eigenvalue weighted by molar-refractivity contribution is 5.98. The summed E-state index contributed by atoms with van der Waals surface area (Å²) in [6.07, 6.45) is 0.904. The van der Waals surface area contributed by atoms with Crippen molar-refractivity contribution < 1.29 is 9.18 Å². The summed E-state index contributed by atoms with van der Waals surface area (Å²) in [5.41, 5.74) is 4.30. The van der Waals surface area contributed by atoms with Gasteiger partial charge in [-0.25, -0.2) is 4.39 Å². The number of carbonyl (C=O) groups is 1. The van der Waals surface area contributed by atoms with Gasteiger partial charge in [-0.3, -0.25) is 4.79 Å². The number of nitrogens with one attached hydrogen (secondary N) is 2. The van der Waals surface area contributed by atoms with Crippen molar-refractivity contribution in [1.82, 2.24) is 10.6 Å². The summed E-state index contributed by atoms with van der Waals surface area (Å²) in [6.45, 7) is 3.33. The van der Waals surface area contributed by atoms with Gasteiger partial charge in [-0.2, -0.15) is 0 Å². The van der Waals surface area contributed by atoms with Crippen LogP contribution in [-0.4, -0.2) is 38.8 Å². The molecule has 0 saturated carbocycles. The van der Waals surface area contributed by atoms with Crippen LogP contribution >= 0.6 is 0 Å². The molecule has 0 atom stereocenters. The molecule has 0 fully saturated rings. The Kier molecular flexibility index (Phi) is 3.38. The largest absolute Gasteiger partial charge is 0.369 e. The van der Waals surface area contributed by atoms with Crippen LogP contribution in [0.5, 0.6) is 0 Å². The van der Waals surface area contributed by atoms with Crippen LogP contribution in [0.25, 0.3) is 0 Å². The Labute approximate surface area is 112 Å². The summed E-state index contributed by atoms with van der Waals surface area (Å²) < 4.78 is 12.2. The molecule has 0 spiro atoms. The van der Waals surface area contributed by atoms with Gasteiger partial charge < -0.3 is 15.5 Å². The molecule has 0 aliphatic carbocycles. The number of hydrogen-bond donors (Lipinski definition) is 2. The van der Waals surface area contributed by atoms with E-state index in [0.29, 0.717) is 5.56 Å². The van der Waals surface area contributed by atoms with Gasteiger partial charge in [0.1, 0.15) is 6.67 Å². The number of carbonyl (C=O) groups excluding carboxylic acids is 1. The lowest BCUT2D eigenvalue weighted by Crippen LogP contribution is -2.27. The van der Waals surface area contributed by atoms with E-state index in [1.165, 1.54) is 11.3 Å². The van der Waals surface area contributed by atoms with Gasteiger partial charge in [0.15, 0.2) is 0 Å². The highest BCUT2D eigenvalue weighted by atomic mass is 19.1. The molecule has 2 heterocycles. The molecule has 1 amide bonds. The lowest BCUT2D eigenvalue weighted by molar-refractivity contribution is 0.0950. The highest BCUT2D eigenvalue weighted by Crippen LogP contribution is 2.35. The summed E-state index contributed by atoms with van der Waals surface area (Å²) in [5, 5.41) is 6.00. The summed E-state index contributed by atoms with van der Waals surface area (Å²) in [4.78, 5) is 14.4. The van der Waals surface area contributed by atoms with E-state index >= 15 is 0 Å². The predicted octanol–water partition coefficient (Wildman–Crippen LogP) is 0.852. The zero-order valence-electron chi connectivity index (χ0n) is 10.8. The standard InChI is InChI=1S/C14H18FN3O/c15-4-5-17-14(19)12-2-1-10-9-16-6-8-18-7-3-11(12)13(10)18/h1-2,16H,3-9H2,(H,17,19). The minimum Gasteiger partial charge on any atom is -0.369 e. The Morgan fingerprint density at radius 3 is 3.16 bits per heavy atom. The normalized spacial score (nSPS) is 17.0. The van der Waals surface area contributed by atoms with E-state index in [0.717, 1.165) is 38.2 Å². The first kappa shape index (κ1) is 12.4. The van der Waals surface area contributed by atoms with Crippen molar-refractivity contribution in [3.63, 3.8) is 0 Å². The van der Waals surface area contributed by atoms with E-state index in [9.17, 15) is 9.18 Å². The van der Waals surface area contributed by atoms with Gasteiger partial charge in [0.05, 0.1) is 0 Å². The number of hydrogen-bond acceptors (Lipinski definition) is 3. The molecule has 0 radical (unpaired) electrons. The monoisotopic (exact) mass is 263 g/mol. The maximum absolute atomic E-state index is 12.2. The zero-order chi connectivity index (χ0) is 13.2. The molecule has 1 aromatic rings. The lowest BCUT2D eigenvalue weighted by atomic mass is 10.00. The van der Waals surface area contributed by atoms with E-state index < -0.39 is 6.67 Å². The third kappa shape index (κ3) is 2.18. The van der Waals surface area contributed by atoms with Crippen molar-refractivity contribution in [2.75, 3.05) is 37.8 Å². The first-order valence-corrected chi connectivity index (χ1v) is 6.76. The first-order chi connectivity index (χ1) is 9.31. The topological polar surface area (TPSA) is 44.4 Å². The fourth-order valence-corrected chi connectivity index (χ4v) is 2.96. The summed E-state index contributed by atoms with van der Waals surface area (Å²) in [6, 6.07) is 3.89. The molecule has 2 aliphatic rings. The van der Waals surface area contributed by atoms with Crippen LogP contribution in [-0.2, 0) is 13.0 Å². The smallest absolute Gasteiger partial charge is 0.251 e. The van der Waals surface area contributed by atoms with Crippen LogP contribution in [0.4, 0.5) is 10.1 Å². The molecule has 0 aromatic heterocycles. The second-order valence-electron chi connectivity index (χ2n) is 4.96. The minimum atomic E-state index is -0.526. The Bertz CT molecular complexity index is 504. The van der Waals surface area contributed by atoms with Gasteiger partial charge in [-0.15, -0.1) is 0 Å². The van der Waals surface area contributed by atoms with Crippen LogP contribution in [0, 0.1) is 0 Å². The van der Waals surface area contributed by atoms with Gasteiger partial charge in [-0.05, 0) is 23.6 Å². The predicted molar refractivity (Wildman–Crippen MR) is 72.4 cm³/mol. The molecule has 0 unspecified atom stereocenters. The fraction of sp³-hybridized carbons (Fsp3) is 0.500. The lowest BCUT2D eigenvalue weighted by Gasteiger charge is -2.19. The Morgan fingerprint density at radius 2 is 2.32 bits per heavy atom. The van der Waals surface area contributed by atoms with Gasteiger partial charge in [-0.1, -0.05) is 6.07 Å². The van der Waals surface area contributed by atoms with Crippen molar-refractivity contribution in [2.24, 2.45) is 0 Å². The minimum absolute atomic E-state index is 0.0840. The van der Waals surface area contributed by atoms with E-state index in [-0.39, 0.29) is 12.5 Å². The van der Waals surface area contributed by atoms with Gasteiger partial charge >= 0.3 is 0 Å². The van der Waals surface area contributed by atoms with Gasteiger partial charge in [0.2, 0.25) is 0 Å². The number of benzene rings is 1. The second kappa shape index (κ2) is 5.17. The molecular weight excluding hydrogens is 245 g/mol. The van der Waals surface area contributed by atoms with Crippen LogP contribution in [0.1, 0.15) is 21.5 Å². The Morgan fingerprint density at radius 1 is 1.42 bits per heavy atom. The number of halogens is 1. The van der Waals surface area contributed by atoms with Gasteiger partial charge in [0.25, 0.3) is 5.91 Å². The summed E-state index contributed by atoms with van der Waals surface area (Å²) in [7, 11) is 0. The number of anilines is 1. The number of nitrogens with zero attached hydrogens (tertiary/aromatic N) is 1. The van der Waals surface area contributed by atoms with Crippen molar-refractivity contribution in [3.8, 4) is 0 Å². The maximum atomic E-state index is 12.2. The van der Waals surface area contributed by atoms with E-state index in [4.69, 9.17) is 0 Å². The molecule has 1 aromatic carbocycles. The van der Waals surface area contributed by atoms with Gasteiger partial charge in [0, 0.05) is 44.0 Å². The average Bonchev–Trinajstić information content (AvgIpc) is 2.73. The number of alkyl halides is 1. The molecule has 19 heavy (non-hydrogen) atoms. The van der Waals surface area contributed by atoms with E-state index in [1.54, 1.807) is 0 Å². The Balaban J connectivity index is 1.96.